The fourth-order valence-corrected chi connectivity index (χ4v) is 4.19. The van der Waals surface area contributed by atoms with Crippen LogP contribution in [-0.2, 0) is 22.6 Å². The van der Waals surface area contributed by atoms with Crippen molar-refractivity contribution in [3.05, 3.63) is 35.4 Å². The lowest BCUT2D eigenvalue weighted by Gasteiger charge is -2.22. The third kappa shape index (κ3) is 8.96. The summed E-state index contributed by atoms with van der Waals surface area (Å²) >= 11 is 0. The monoisotopic (exact) mass is 542 g/mol. The lowest BCUT2D eigenvalue weighted by molar-refractivity contribution is -0.131. The van der Waals surface area contributed by atoms with Crippen LogP contribution in [0.2, 0.25) is 0 Å². The molecule has 2 aliphatic rings. The molecular weight excluding hydrogens is 503 g/mol. The molecule has 0 aromatic heterocycles. The molecule has 0 saturated heterocycles. The van der Waals surface area contributed by atoms with Gasteiger partial charge in [0.15, 0.2) is 5.96 Å². The first-order valence-electron chi connectivity index (χ1n) is 11.7. The minimum absolute atomic E-state index is 0. The molecule has 31 heavy (non-hydrogen) atoms. The Morgan fingerprint density at radius 3 is 2.48 bits per heavy atom. The van der Waals surface area contributed by atoms with Gasteiger partial charge in [-0.1, -0.05) is 43.5 Å². The van der Waals surface area contributed by atoms with Crippen molar-refractivity contribution in [1.82, 2.24) is 15.5 Å². The predicted molar refractivity (Wildman–Crippen MR) is 137 cm³/mol. The Bertz CT molecular complexity index is 667. The molecule has 174 valence electrons. The van der Waals surface area contributed by atoms with E-state index in [9.17, 15) is 4.79 Å². The summed E-state index contributed by atoms with van der Waals surface area (Å²) in [7, 11) is 0. The van der Waals surface area contributed by atoms with E-state index in [0.717, 1.165) is 51.6 Å². The maximum atomic E-state index is 12.5. The molecule has 1 aromatic carbocycles. The van der Waals surface area contributed by atoms with Crippen LogP contribution in [0.1, 0.15) is 69.4 Å². The number of nitrogens with one attached hydrogen (secondary N) is 2. The van der Waals surface area contributed by atoms with Crippen LogP contribution in [0.4, 0.5) is 0 Å². The van der Waals surface area contributed by atoms with Gasteiger partial charge in [0, 0.05) is 45.8 Å². The van der Waals surface area contributed by atoms with Crippen LogP contribution < -0.4 is 10.6 Å². The van der Waals surface area contributed by atoms with E-state index in [-0.39, 0.29) is 29.9 Å². The molecule has 0 spiro atoms. The number of hydrogen-bond acceptors (Lipinski definition) is 3. The predicted octanol–water partition coefficient (Wildman–Crippen LogP) is 4.22. The third-order valence-corrected chi connectivity index (χ3v) is 5.88. The average Bonchev–Trinajstić information content (AvgIpc) is 3.21. The van der Waals surface area contributed by atoms with E-state index in [0.29, 0.717) is 19.1 Å². The molecule has 1 fully saturated rings. The van der Waals surface area contributed by atoms with Gasteiger partial charge in [-0.2, -0.15) is 0 Å². The molecule has 1 aliphatic heterocycles. The smallest absolute Gasteiger partial charge is 0.223 e. The number of aliphatic imine (C=N–C) groups is 1. The van der Waals surface area contributed by atoms with Crippen molar-refractivity contribution in [3.63, 3.8) is 0 Å². The molecule has 1 amide bonds. The molecule has 2 N–H and O–H groups in total. The highest BCUT2D eigenvalue weighted by Crippen LogP contribution is 2.23. The first kappa shape index (κ1) is 25.9. The number of carbonyl (C=O) groups is 1. The van der Waals surface area contributed by atoms with Gasteiger partial charge in [0.1, 0.15) is 0 Å². The van der Waals surface area contributed by atoms with Crippen molar-refractivity contribution in [3.8, 4) is 0 Å². The largest absolute Gasteiger partial charge is 0.378 e. The second kappa shape index (κ2) is 14.7. The molecule has 0 bridgehead atoms. The van der Waals surface area contributed by atoms with Crippen molar-refractivity contribution in [2.75, 3.05) is 26.2 Å². The van der Waals surface area contributed by atoms with Crippen LogP contribution in [-0.4, -0.2) is 49.1 Å². The molecule has 7 heteroatoms. The van der Waals surface area contributed by atoms with E-state index in [4.69, 9.17) is 4.74 Å². The van der Waals surface area contributed by atoms with E-state index in [1.807, 2.05) is 17.0 Å². The Kier molecular flexibility index (Phi) is 12.3. The number of fused-ring (bicyclic) bond motifs is 1. The summed E-state index contributed by atoms with van der Waals surface area (Å²) in [6.07, 6.45) is 9.21. The van der Waals surface area contributed by atoms with E-state index in [1.165, 1.54) is 43.2 Å². The summed E-state index contributed by atoms with van der Waals surface area (Å²) < 4.78 is 5.98. The molecular formula is C24H39IN4O2. The number of benzene rings is 1. The van der Waals surface area contributed by atoms with Crippen LogP contribution in [0.5, 0.6) is 0 Å². The number of ether oxygens (including phenoxy) is 1. The van der Waals surface area contributed by atoms with Crippen molar-refractivity contribution < 1.29 is 9.53 Å². The Balaban J connectivity index is 0.00000341. The molecule has 0 radical (unpaired) electrons. The highest BCUT2D eigenvalue weighted by Gasteiger charge is 2.22. The molecule has 1 aliphatic carbocycles. The molecule has 0 unspecified atom stereocenters. The van der Waals surface area contributed by atoms with E-state index in [1.54, 1.807) is 0 Å². The second-order valence-electron chi connectivity index (χ2n) is 8.29. The van der Waals surface area contributed by atoms with Crippen LogP contribution >= 0.6 is 24.0 Å². The van der Waals surface area contributed by atoms with Gasteiger partial charge in [0.2, 0.25) is 5.91 Å². The first-order valence-corrected chi connectivity index (χ1v) is 11.7. The van der Waals surface area contributed by atoms with Crippen molar-refractivity contribution in [1.29, 1.82) is 0 Å². The summed E-state index contributed by atoms with van der Waals surface area (Å²) in [6.45, 7) is 6.69. The van der Waals surface area contributed by atoms with Gasteiger partial charge in [-0.3, -0.25) is 9.79 Å². The van der Waals surface area contributed by atoms with Crippen LogP contribution in [0.3, 0.4) is 0 Å². The number of amides is 1. The number of rotatable bonds is 10. The average molecular weight is 543 g/mol. The number of nitrogens with zero attached hydrogens (tertiary/aromatic N) is 2. The number of halogens is 1. The van der Waals surface area contributed by atoms with Crippen LogP contribution in [0, 0.1) is 0 Å². The summed E-state index contributed by atoms with van der Waals surface area (Å²) in [5.74, 6) is 1.05. The van der Waals surface area contributed by atoms with E-state index < -0.39 is 0 Å². The normalized spacial score (nSPS) is 16.5. The molecule has 1 saturated carbocycles. The summed E-state index contributed by atoms with van der Waals surface area (Å²) in [5, 5.41) is 6.66. The molecule has 6 nitrogen and oxygen atoms in total. The maximum Gasteiger partial charge on any atom is 0.223 e. The quantitative estimate of drug-likeness (QED) is 0.201. The Hall–Kier alpha value is -1.35. The molecule has 0 atom stereocenters. The number of hydrogen-bond donors (Lipinski definition) is 2. The van der Waals surface area contributed by atoms with Crippen molar-refractivity contribution in [2.24, 2.45) is 4.99 Å². The highest BCUT2D eigenvalue weighted by atomic mass is 127. The van der Waals surface area contributed by atoms with Gasteiger partial charge in [-0.25, -0.2) is 0 Å². The lowest BCUT2D eigenvalue weighted by atomic mass is 9.98. The highest BCUT2D eigenvalue weighted by molar-refractivity contribution is 14.0. The second-order valence-corrected chi connectivity index (χ2v) is 8.29. The van der Waals surface area contributed by atoms with Gasteiger partial charge in [0.25, 0.3) is 0 Å². The Morgan fingerprint density at radius 2 is 1.81 bits per heavy atom. The summed E-state index contributed by atoms with van der Waals surface area (Å²) in [6, 6.07) is 8.31. The molecule has 1 aromatic rings. The number of carbonyl (C=O) groups excluding carboxylic acids is 1. The van der Waals surface area contributed by atoms with Crippen LogP contribution in [0.25, 0.3) is 0 Å². The summed E-state index contributed by atoms with van der Waals surface area (Å²) in [4.78, 5) is 19.1. The number of guanidine groups is 1. The van der Waals surface area contributed by atoms with E-state index >= 15 is 0 Å². The first-order chi connectivity index (χ1) is 14.8. The van der Waals surface area contributed by atoms with Gasteiger partial charge in [-0.05, 0) is 43.7 Å². The fraction of sp³-hybridized carbons (Fsp3) is 0.667. The fourth-order valence-electron chi connectivity index (χ4n) is 4.19. The topological polar surface area (TPSA) is 66.0 Å². The van der Waals surface area contributed by atoms with Crippen molar-refractivity contribution in [2.45, 2.75) is 77.5 Å². The Labute approximate surface area is 204 Å². The van der Waals surface area contributed by atoms with Gasteiger partial charge in [0.05, 0.1) is 6.10 Å². The standard InChI is InChI=1S/C24H38N4O2.HI/c1-2-25-24(27-16-9-17-30-22-12-4-3-5-13-22)26-15-8-14-23(29)28-18-20-10-6-7-11-21(20)19-28;/h6-7,10-11,22H,2-5,8-9,12-19H2,1H3,(H2,25,26,27);1H. The molecule has 1 heterocycles. The minimum atomic E-state index is 0. The van der Waals surface area contributed by atoms with Crippen molar-refractivity contribution >= 4 is 35.8 Å². The van der Waals surface area contributed by atoms with E-state index in [2.05, 4.69) is 34.7 Å². The lowest BCUT2D eigenvalue weighted by Crippen LogP contribution is -2.38. The minimum Gasteiger partial charge on any atom is -0.378 e. The SMILES string of the molecule is CCNC(=NCCCC(=O)N1Cc2ccccc2C1)NCCCOC1CCCCC1.I. The maximum absolute atomic E-state index is 12.5. The zero-order valence-electron chi connectivity index (χ0n) is 18.9. The van der Waals surface area contributed by atoms with Crippen LogP contribution in [0.15, 0.2) is 29.3 Å². The van der Waals surface area contributed by atoms with Gasteiger partial charge in [-0.15, -0.1) is 24.0 Å². The zero-order valence-corrected chi connectivity index (χ0v) is 21.2. The zero-order chi connectivity index (χ0) is 21.0. The summed E-state index contributed by atoms with van der Waals surface area (Å²) in [5.41, 5.74) is 2.55. The van der Waals surface area contributed by atoms with Gasteiger partial charge < -0.3 is 20.3 Å². The Morgan fingerprint density at radius 1 is 1.10 bits per heavy atom. The molecule has 3 rings (SSSR count). The third-order valence-electron chi connectivity index (χ3n) is 5.88. The van der Waals surface area contributed by atoms with Gasteiger partial charge >= 0.3 is 0 Å².